The lowest BCUT2D eigenvalue weighted by molar-refractivity contribution is -0.138. The Labute approximate surface area is 291 Å². The Hall–Kier alpha value is -5.58. The number of unbranched alkanes of at least 4 members (excludes halogenated alkanes) is 2. The molecule has 0 saturated heterocycles. The standard InChI is InChI=1S/C39H46N6O4/c1-5-48-38(46)34(28-42)26-32-14-18-36(19-15-32)44(24-10-22-40)30(3)12-8-7-9-13-31(4)45(25-11-23-41)37-20-16-33(17-21-37)27-35(29-43)39(47)49-6-2/h14-21,26-27,30-31H,5-13,24-25H2,1-4H3. The molecule has 0 aliphatic rings. The summed E-state index contributed by atoms with van der Waals surface area (Å²) >= 11 is 0. The van der Waals surface area contributed by atoms with Crippen LogP contribution in [0.1, 0.15) is 83.8 Å². The van der Waals surface area contributed by atoms with Crippen LogP contribution >= 0.6 is 0 Å². The molecule has 0 fully saturated rings. The van der Waals surface area contributed by atoms with Crippen molar-refractivity contribution in [3.8, 4) is 24.3 Å². The van der Waals surface area contributed by atoms with Gasteiger partial charge in [-0.15, -0.1) is 0 Å². The highest BCUT2D eigenvalue weighted by Crippen LogP contribution is 2.25. The van der Waals surface area contributed by atoms with Crippen molar-refractivity contribution in [3.05, 3.63) is 70.8 Å². The van der Waals surface area contributed by atoms with Crippen LogP contribution in [0.25, 0.3) is 12.2 Å². The molecule has 2 rings (SSSR count). The van der Waals surface area contributed by atoms with E-state index in [1.54, 1.807) is 13.8 Å². The zero-order chi connectivity index (χ0) is 36.0. The van der Waals surface area contributed by atoms with E-state index in [0.717, 1.165) is 43.5 Å². The molecular formula is C39H46N6O4. The quantitative estimate of drug-likeness (QED) is 0.0602. The van der Waals surface area contributed by atoms with Crippen molar-refractivity contribution in [3.63, 3.8) is 0 Å². The predicted molar refractivity (Wildman–Crippen MR) is 190 cm³/mol. The van der Waals surface area contributed by atoms with E-state index in [-0.39, 0.29) is 36.4 Å². The monoisotopic (exact) mass is 662 g/mol. The third kappa shape index (κ3) is 13.2. The minimum atomic E-state index is -0.644. The summed E-state index contributed by atoms with van der Waals surface area (Å²) in [4.78, 5) is 28.4. The zero-order valence-electron chi connectivity index (χ0n) is 29.0. The van der Waals surface area contributed by atoms with Gasteiger partial charge in [-0.05, 0) is 88.1 Å². The lowest BCUT2D eigenvalue weighted by atomic mass is 10.0. The molecule has 2 aromatic rings. The average molecular weight is 663 g/mol. The first-order chi connectivity index (χ1) is 23.7. The Bertz CT molecular complexity index is 1470. The molecular weight excluding hydrogens is 616 g/mol. The van der Waals surface area contributed by atoms with Crippen LogP contribution in [0.15, 0.2) is 59.7 Å². The zero-order valence-corrected chi connectivity index (χ0v) is 29.0. The van der Waals surface area contributed by atoms with Gasteiger partial charge in [-0.2, -0.15) is 21.0 Å². The van der Waals surface area contributed by atoms with E-state index < -0.39 is 11.9 Å². The van der Waals surface area contributed by atoms with Crippen molar-refractivity contribution in [1.29, 1.82) is 21.0 Å². The third-order valence-corrected chi connectivity index (χ3v) is 8.04. The Morgan fingerprint density at radius 2 is 1.02 bits per heavy atom. The molecule has 10 nitrogen and oxygen atoms in total. The lowest BCUT2D eigenvalue weighted by Gasteiger charge is -2.32. The highest BCUT2D eigenvalue weighted by Gasteiger charge is 2.17. The number of nitriles is 4. The minimum absolute atomic E-state index is 0.0555. The van der Waals surface area contributed by atoms with Gasteiger partial charge in [0.1, 0.15) is 23.3 Å². The average Bonchev–Trinajstić information content (AvgIpc) is 3.10. The van der Waals surface area contributed by atoms with Crippen molar-refractivity contribution in [2.75, 3.05) is 36.1 Å². The molecule has 256 valence electrons. The van der Waals surface area contributed by atoms with Gasteiger partial charge in [0.25, 0.3) is 0 Å². The first kappa shape index (κ1) is 39.6. The summed E-state index contributed by atoms with van der Waals surface area (Å²) in [7, 11) is 0. The Morgan fingerprint density at radius 3 is 1.33 bits per heavy atom. The molecule has 0 heterocycles. The predicted octanol–water partition coefficient (Wildman–Crippen LogP) is 7.49. The fourth-order valence-electron chi connectivity index (χ4n) is 5.47. The van der Waals surface area contributed by atoms with Crippen LogP contribution < -0.4 is 9.80 Å². The molecule has 0 spiro atoms. The van der Waals surface area contributed by atoms with Crippen LogP contribution in [-0.4, -0.2) is 50.3 Å². The van der Waals surface area contributed by atoms with E-state index in [1.807, 2.05) is 60.7 Å². The number of carbonyl (C=O) groups excluding carboxylic acids is 2. The maximum absolute atomic E-state index is 12.0. The topological polar surface area (TPSA) is 154 Å². The van der Waals surface area contributed by atoms with E-state index in [4.69, 9.17) is 9.47 Å². The largest absolute Gasteiger partial charge is 0.462 e. The van der Waals surface area contributed by atoms with Crippen LogP contribution in [0.5, 0.6) is 0 Å². The molecule has 0 aliphatic carbocycles. The van der Waals surface area contributed by atoms with E-state index in [0.29, 0.717) is 37.1 Å². The summed E-state index contributed by atoms with van der Waals surface area (Å²) in [6, 6.07) is 23.9. The molecule has 0 saturated carbocycles. The van der Waals surface area contributed by atoms with E-state index in [1.165, 1.54) is 12.2 Å². The number of esters is 2. The number of rotatable bonds is 20. The van der Waals surface area contributed by atoms with Gasteiger partial charge in [0.15, 0.2) is 0 Å². The SMILES string of the molecule is CCOC(=O)C(C#N)=Cc1ccc(N(CCC#N)C(C)CCCCCC(C)N(CCC#N)c2ccc(C=C(C#N)C(=O)OCC)cc2)cc1. The number of hydrogen-bond acceptors (Lipinski definition) is 10. The van der Waals surface area contributed by atoms with Gasteiger partial charge < -0.3 is 19.3 Å². The van der Waals surface area contributed by atoms with Gasteiger partial charge >= 0.3 is 11.9 Å². The summed E-state index contributed by atoms with van der Waals surface area (Å²) in [5.74, 6) is -1.29. The summed E-state index contributed by atoms with van der Waals surface area (Å²) in [5, 5.41) is 37.2. The number of nitrogens with zero attached hydrogens (tertiary/aromatic N) is 6. The maximum atomic E-state index is 12.0. The molecule has 2 unspecified atom stereocenters. The second-order valence-electron chi connectivity index (χ2n) is 11.5. The highest BCUT2D eigenvalue weighted by molar-refractivity contribution is 5.98. The van der Waals surface area contributed by atoms with Crippen molar-refractivity contribution in [2.24, 2.45) is 0 Å². The Balaban J connectivity index is 2.00. The summed E-state index contributed by atoms with van der Waals surface area (Å²) in [5.41, 5.74) is 3.27. The van der Waals surface area contributed by atoms with Crippen LogP contribution in [0, 0.1) is 45.3 Å². The number of hydrogen-bond donors (Lipinski definition) is 0. The van der Waals surface area contributed by atoms with Gasteiger partial charge in [-0.3, -0.25) is 0 Å². The number of ether oxygens (including phenoxy) is 2. The number of carbonyl (C=O) groups is 2. The lowest BCUT2D eigenvalue weighted by Crippen LogP contribution is -2.34. The van der Waals surface area contributed by atoms with Gasteiger partial charge in [-0.1, -0.05) is 43.5 Å². The molecule has 0 aromatic heterocycles. The normalized spacial score (nSPS) is 12.3. The second-order valence-corrected chi connectivity index (χ2v) is 11.5. The molecule has 0 bridgehead atoms. The molecule has 49 heavy (non-hydrogen) atoms. The van der Waals surface area contributed by atoms with E-state index in [2.05, 4.69) is 35.8 Å². The summed E-state index contributed by atoms with van der Waals surface area (Å²) in [6.45, 7) is 9.30. The Kier molecular flexibility index (Phi) is 17.8. The highest BCUT2D eigenvalue weighted by atomic mass is 16.5. The maximum Gasteiger partial charge on any atom is 0.348 e. The summed E-state index contributed by atoms with van der Waals surface area (Å²) in [6.07, 6.45) is 8.79. The summed E-state index contributed by atoms with van der Waals surface area (Å²) < 4.78 is 9.89. The second kappa shape index (κ2) is 22.1. The molecule has 0 N–H and O–H groups in total. The molecule has 0 amide bonds. The molecule has 2 aromatic carbocycles. The fraction of sp³-hybridized carbons (Fsp3) is 0.436. The smallest absolute Gasteiger partial charge is 0.348 e. The molecule has 0 radical (unpaired) electrons. The molecule has 0 aliphatic heterocycles. The molecule has 2 atom stereocenters. The van der Waals surface area contributed by atoms with E-state index >= 15 is 0 Å². The van der Waals surface area contributed by atoms with E-state index in [9.17, 15) is 30.6 Å². The van der Waals surface area contributed by atoms with Crippen LogP contribution in [0.4, 0.5) is 11.4 Å². The first-order valence-corrected chi connectivity index (χ1v) is 16.8. The van der Waals surface area contributed by atoms with Crippen molar-refractivity contribution < 1.29 is 19.1 Å². The number of benzene rings is 2. The van der Waals surface area contributed by atoms with Crippen molar-refractivity contribution in [2.45, 2.75) is 84.7 Å². The fourth-order valence-corrected chi connectivity index (χ4v) is 5.47. The van der Waals surface area contributed by atoms with Crippen molar-refractivity contribution >= 4 is 35.5 Å². The molecule has 10 heteroatoms. The van der Waals surface area contributed by atoms with Gasteiger partial charge in [0, 0.05) is 36.5 Å². The van der Waals surface area contributed by atoms with Crippen molar-refractivity contribution in [1.82, 2.24) is 0 Å². The van der Waals surface area contributed by atoms with Crippen LogP contribution in [0.3, 0.4) is 0 Å². The first-order valence-electron chi connectivity index (χ1n) is 16.8. The Morgan fingerprint density at radius 1 is 0.653 bits per heavy atom. The van der Waals surface area contributed by atoms with Gasteiger partial charge in [0.05, 0.1) is 38.2 Å². The minimum Gasteiger partial charge on any atom is -0.462 e. The number of anilines is 2. The van der Waals surface area contributed by atoms with Crippen LogP contribution in [0.2, 0.25) is 0 Å². The van der Waals surface area contributed by atoms with Crippen LogP contribution in [-0.2, 0) is 19.1 Å². The van der Waals surface area contributed by atoms with Gasteiger partial charge in [0.2, 0.25) is 0 Å². The third-order valence-electron chi connectivity index (χ3n) is 8.04. The van der Waals surface area contributed by atoms with Gasteiger partial charge in [-0.25, -0.2) is 9.59 Å².